The maximum absolute atomic E-state index is 13.1. The molecule has 2 heterocycles. The number of hydrogen-bond acceptors (Lipinski definition) is 3. The normalized spacial score (nSPS) is 15.8. The quantitative estimate of drug-likeness (QED) is 0.232. The van der Waals surface area contributed by atoms with Crippen LogP contribution in [0.25, 0.3) is 11.0 Å². The summed E-state index contributed by atoms with van der Waals surface area (Å²) in [4.78, 5) is 20.1. The topological polar surface area (TPSA) is 47.4 Å². The zero-order valence-electron chi connectivity index (χ0n) is 22.4. The van der Waals surface area contributed by atoms with Crippen molar-refractivity contribution in [1.29, 1.82) is 0 Å². The first-order chi connectivity index (χ1) is 17.9. The summed E-state index contributed by atoms with van der Waals surface area (Å²) >= 11 is 0. The van der Waals surface area contributed by atoms with Gasteiger partial charge in [0.1, 0.15) is 11.6 Å². The third-order valence-corrected chi connectivity index (χ3v) is 7.62. The number of benzene rings is 3. The van der Waals surface area contributed by atoms with Gasteiger partial charge in [-0.15, -0.1) is 0 Å². The van der Waals surface area contributed by atoms with Crippen LogP contribution in [-0.2, 0) is 11.3 Å². The smallest absolute Gasteiger partial charge is 0.227 e. The summed E-state index contributed by atoms with van der Waals surface area (Å²) in [5.74, 6) is 2.70. The summed E-state index contributed by atoms with van der Waals surface area (Å²) in [7, 11) is 0. The Balaban J connectivity index is 1.30. The van der Waals surface area contributed by atoms with Crippen LogP contribution in [0.1, 0.15) is 67.5 Å². The number of para-hydroxylation sites is 3. The van der Waals surface area contributed by atoms with Crippen molar-refractivity contribution in [1.82, 2.24) is 9.55 Å². The summed E-state index contributed by atoms with van der Waals surface area (Å²) in [6, 6.07) is 22.8. The summed E-state index contributed by atoms with van der Waals surface area (Å²) in [6.07, 6.45) is 2.43. The van der Waals surface area contributed by atoms with Crippen LogP contribution in [0.15, 0.2) is 66.7 Å². The SMILES string of the molecule is Cc1cccc(N2CC(c3nc4ccccc4n3CCCCOc3ccccc3C(C)C)CC2=O)c1C. The minimum Gasteiger partial charge on any atom is -0.493 e. The molecule has 3 aromatic carbocycles. The van der Waals surface area contributed by atoms with Crippen molar-refractivity contribution >= 4 is 22.6 Å². The van der Waals surface area contributed by atoms with Crippen LogP contribution in [0.4, 0.5) is 5.69 Å². The number of amides is 1. The van der Waals surface area contributed by atoms with E-state index in [0.29, 0.717) is 25.5 Å². The number of carbonyl (C=O) groups is 1. The lowest BCUT2D eigenvalue weighted by atomic mass is 10.0. The van der Waals surface area contributed by atoms with Crippen molar-refractivity contribution in [3.8, 4) is 5.75 Å². The number of anilines is 1. The van der Waals surface area contributed by atoms with Crippen LogP contribution in [0.3, 0.4) is 0 Å². The number of nitrogens with zero attached hydrogens (tertiary/aromatic N) is 3. The van der Waals surface area contributed by atoms with E-state index in [4.69, 9.17) is 9.72 Å². The zero-order valence-corrected chi connectivity index (χ0v) is 22.4. The Kier molecular flexibility index (Phi) is 7.31. The molecule has 1 aromatic heterocycles. The summed E-state index contributed by atoms with van der Waals surface area (Å²) in [6.45, 7) is 10.8. The molecule has 1 atom stereocenters. The number of aromatic nitrogens is 2. The first-order valence-electron chi connectivity index (χ1n) is 13.5. The Bertz CT molecular complexity index is 1400. The molecule has 5 heteroatoms. The largest absolute Gasteiger partial charge is 0.493 e. The highest BCUT2D eigenvalue weighted by atomic mass is 16.5. The molecule has 0 N–H and O–H groups in total. The summed E-state index contributed by atoms with van der Waals surface area (Å²) < 4.78 is 8.49. The van der Waals surface area contributed by atoms with Gasteiger partial charge in [0.25, 0.3) is 0 Å². The second kappa shape index (κ2) is 10.8. The number of rotatable bonds is 9. The fourth-order valence-corrected chi connectivity index (χ4v) is 5.43. The molecule has 5 nitrogen and oxygen atoms in total. The highest BCUT2D eigenvalue weighted by molar-refractivity contribution is 5.97. The molecule has 37 heavy (non-hydrogen) atoms. The Hall–Kier alpha value is -3.60. The number of aryl methyl sites for hydroxylation is 2. The molecule has 1 aliphatic rings. The molecule has 0 aliphatic carbocycles. The van der Waals surface area contributed by atoms with Gasteiger partial charge in [-0.2, -0.15) is 0 Å². The van der Waals surface area contributed by atoms with Gasteiger partial charge < -0.3 is 14.2 Å². The molecule has 192 valence electrons. The van der Waals surface area contributed by atoms with Crippen molar-refractivity contribution in [2.45, 2.75) is 65.3 Å². The molecule has 0 spiro atoms. The van der Waals surface area contributed by atoms with E-state index < -0.39 is 0 Å². The van der Waals surface area contributed by atoms with E-state index in [1.807, 2.05) is 23.1 Å². The molecular weight excluding hydrogens is 458 g/mol. The summed E-state index contributed by atoms with van der Waals surface area (Å²) in [5, 5.41) is 0. The van der Waals surface area contributed by atoms with Crippen LogP contribution in [-0.4, -0.2) is 28.6 Å². The Labute approximate surface area is 220 Å². The van der Waals surface area contributed by atoms with Crippen LogP contribution in [0.5, 0.6) is 5.75 Å². The average molecular weight is 496 g/mol. The third kappa shape index (κ3) is 5.13. The van der Waals surface area contributed by atoms with Gasteiger partial charge >= 0.3 is 0 Å². The number of ether oxygens (including phenoxy) is 1. The highest BCUT2D eigenvalue weighted by Gasteiger charge is 2.35. The zero-order chi connectivity index (χ0) is 25.9. The van der Waals surface area contributed by atoms with Gasteiger partial charge in [-0.05, 0) is 73.6 Å². The van der Waals surface area contributed by atoms with Gasteiger partial charge in [-0.1, -0.05) is 56.3 Å². The van der Waals surface area contributed by atoms with E-state index in [1.165, 1.54) is 16.7 Å². The minimum absolute atomic E-state index is 0.0778. The van der Waals surface area contributed by atoms with Gasteiger partial charge in [0.05, 0.1) is 17.6 Å². The third-order valence-electron chi connectivity index (χ3n) is 7.62. The number of carbonyl (C=O) groups excluding carboxylic acids is 1. The Morgan fingerprint density at radius 1 is 0.973 bits per heavy atom. The molecule has 4 aromatic rings. The van der Waals surface area contributed by atoms with E-state index in [1.54, 1.807) is 0 Å². The molecule has 5 rings (SSSR count). The van der Waals surface area contributed by atoms with Crippen molar-refractivity contribution in [3.63, 3.8) is 0 Å². The average Bonchev–Trinajstić information content (AvgIpc) is 3.46. The van der Waals surface area contributed by atoms with Crippen molar-refractivity contribution in [2.24, 2.45) is 0 Å². The second-order valence-electron chi connectivity index (χ2n) is 10.5. The van der Waals surface area contributed by atoms with Crippen LogP contribution in [0.2, 0.25) is 0 Å². The van der Waals surface area contributed by atoms with Crippen LogP contribution >= 0.6 is 0 Å². The molecule has 1 unspecified atom stereocenters. The molecule has 1 fully saturated rings. The van der Waals surface area contributed by atoms with E-state index >= 15 is 0 Å². The monoisotopic (exact) mass is 495 g/mol. The highest BCUT2D eigenvalue weighted by Crippen LogP contribution is 2.35. The van der Waals surface area contributed by atoms with E-state index in [0.717, 1.165) is 47.7 Å². The van der Waals surface area contributed by atoms with Gasteiger partial charge in [0.15, 0.2) is 0 Å². The lowest BCUT2D eigenvalue weighted by Crippen LogP contribution is -2.25. The molecule has 1 aliphatic heterocycles. The summed E-state index contributed by atoms with van der Waals surface area (Å²) in [5.41, 5.74) is 6.79. The predicted octanol–water partition coefficient (Wildman–Crippen LogP) is 7.16. The van der Waals surface area contributed by atoms with Crippen molar-refractivity contribution in [2.75, 3.05) is 18.1 Å². The predicted molar refractivity (Wildman–Crippen MR) is 151 cm³/mol. The van der Waals surface area contributed by atoms with Gasteiger partial charge in [-0.3, -0.25) is 4.79 Å². The fraction of sp³-hybridized carbons (Fsp3) is 0.375. The first-order valence-corrected chi connectivity index (χ1v) is 13.5. The second-order valence-corrected chi connectivity index (χ2v) is 10.5. The van der Waals surface area contributed by atoms with Crippen molar-refractivity contribution in [3.05, 3.63) is 89.2 Å². The molecular formula is C32H37N3O2. The molecule has 0 bridgehead atoms. The van der Waals surface area contributed by atoms with E-state index in [-0.39, 0.29) is 11.8 Å². The Morgan fingerprint density at radius 3 is 2.59 bits per heavy atom. The van der Waals surface area contributed by atoms with Crippen LogP contribution < -0.4 is 9.64 Å². The minimum atomic E-state index is 0.0778. The fourth-order valence-electron chi connectivity index (χ4n) is 5.43. The lowest BCUT2D eigenvalue weighted by Gasteiger charge is -2.20. The van der Waals surface area contributed by atoms with Gasteiger partial charge in [-0.25, -0.2) is 4.98 Å². The van der Waals surface area contributed by atoms with E-state index in [9.17, 15) is 4.79 Å². The number of unbranched alkanes of at least 4 members (excludes halogenated alkanes) is 1. The molecule has 1 amide bonds. The number of imidazole rings is 1. The van der Waals surface area contributed by atoms with Gasteiger partial charge in [0, 0.05) is 31.1 Å². The standard InChI is InChI=1S/C32H37N3O2/c1-22(2)26-13-5-8-17-30(26)37-19-10-9-18-34-29-15-7-6-14-27(29)33-32(34)25-20-31(36)35(21-25)28-16-11-12-23(3)24(28)4/h5-8,11-17,22,25H,9-10,18-21H2,1-4H3. The van der Waals surface area contributed by atoms with Gasteiger partial charge in [0.2, 0.25) is 5.91 Å². The maximum Gasteiger partial charge on any atom is 0.227 e. The first kappa shape index (κ1) is 25.1. The number of fused-ring (bicyclic) bond motifs is 1. The molecule has 0 radical (unpaired) electrons. The lowest BCUT2D eigenvalue weighted by molar-refractivity contribution is -0.117. The Morgan fingerprint density at radius 2 is 1.76 bits per heavy atom. The van der Waals surface area contributed by atoms with Crippen LogP contribution in [0, 0.1) is 13.8 Å². The maximum atomic E-state index is 13.1. The molecule has 0 saturated carbocycles. The molecule has 1 saturated heterocycles. The number of hydrogen-bond donors (Lipinski definition) is 0. The van der Waals surface area contributed by atoms with Crippen molar-refractivity contribution < 1.29 is 9.53 Å². The van der Waals surface area contributed by atoms with E-state index in [2.05, 4.69) is 80.8 Å².